The molecular weight excluding hydrogens is 402 g/mol. The molecule has 1 aliphatic rings. The SMILES string of the molecule is CCCOc1ccccc1NC(=O)CS(=O)(=O)c1nc(C)c(C)n1C1CCCCC1. The van der Waals surface area contributed by atoms with E-state index < -0.39 is 21.5 Å². The lowest BCUT2D eigenvalue weighted by Gasteiger charge is -2.26. The standard InChI is InChI=1S/C22H31N3O4S/c1-4-14-29-20-13-9-8-12-19(20)24-21(26)15-30(27,28)22-23-16(2)17(3)25(22)18-10-6-5-7-11-18/h8-9,12-13,18H,4-7,10-11,14-15H2,1-3H3,(H,24,26). The van der Waals surface area contributed by atoms with Crippen LogP contribution in [0.3, 0.4) is 0 Å². The van der Waals surface area contributed by atoms with Gasteiger partial charge in [0.1, 0.15) is 11.5 Å². The van der Waals surface area contributed by atoms with Crippen LogP contribution in [0.2, 0.25) is 0 Å². The highest BCUT2D eigenvalue weighted by Gasteiger charge is 2.31. The Morgan fingerprint density at radius 2 is 1.90 bits per heavy atom. The van der Waals surface area contributed by atoms with Crippen molar-refractivity contribution in [3.63, 3.8) is 0 Å². The van der Waals surface area contributed by atoms with Gasteiger partial charge in [0.25, 0.3) is 0 Å². The average Bonchev–Trinajstić information content (AvgIpc) is 3.03. The van der Waals surface area contributed by atoms with Crippen molar-refractivity contribution in [3.05, 3.63) is 35.7 Å². The summed E-state index contributed by atoms with van der Waals surface area (Å²) in [6.07, 6.45) is 6.04. The van der Waals surface area contributed by atoms with Crippen molar-refractivity contribution >= 4 is 21.4 Å². The maximum absolute atomic E-state index is 13.1. The molecule has 1 amide bonds. The van der Waals surface area contributed by atoms with Crippen LogP contribution in [0.5, 0.6) is 5.75 Å². The van der Waals surface area contributed by atoms with E-state index in [-0.39, 0.29) is 11.2 Å². The minimum atomic E-state index is -3.89. The van der Waals surface area contributed by atoms with Crippen molar-refractivity contribution in [1.29, 1.82) is 0 Å². The lowest BCUT2D eigenvalue weighted by atomic mass is 9.95. The summed E-state index contributed by atoms with van der Waals surface area (Å²) in [4.78, 5) is 17.0. The number of imidazole rings is 1. The molecule has 0 saturated heterocycles. The summed E-state index contributed by atoms with van der Waals surface area (Å²) in [5.41, 5.74) is 2.02. The number of hydrogen-bond acceptors (Lipinski definition) is 5. The van der Waals surface area contributed by atoms with Gasteiger partial charge in [-0.05, 0) is 45.2 Å². The monoisotopic (exact) mass is 433 g/mol. The first-order valence-electron chi connectivity index (χ1n) is 10.6. The number of carbonyl (C=O) groups excluding carboxylic acids is 1. The first kappa shape index (κ1) is 22.3. The number of carbonyl (C=O) groups is 1. The molecule has 0 atom stereocenters. The molecule has 3 rings (SSSR count). The van der Waals surface area contributed by atoms with Gasteiger partial charge in [-0.1, -0.05) is 38.3 Å². The summed E-state index contributed by atoms with van der Waals surface area (Å²) in [7, 11) is -3.89. The van der Waals surface area contributed by atoms with Gasteiger partial charge >= 0.3 is 0 Å². The summed E-state index contributed by atoms with van der Waals surface area (Å²) >= 11 is 0. The average molecular weight is 434 g/mol. The van der Waals surface area contributed by atoms with Gasteiger partial charge in [0.05, 0.1) is 18.0 Å². The molecule has 164 valence electrons. The van der Waals surface area contributed by atoms with Crippen LogP contribution < -0.4 is 10.1 Å². The number of amides is 1. The Balaban J connectivity index is 1.80. The van der Waals surface area contributed by atoms with Crippen molar-refractivity contribution in [3.8, 4) is 5.75 Å². The number of benzene rings is 1. The fourth-order valence-corrected chi connectivity index (χ4v) is 5.32. The molecule has 0 radical (unpaired) electrons. The van der Waals surface area contributed by atoms with Crippen LogP contribution in [0.4, 0.5) is 5.69 Å². The summed E-state index contributed by atoms with van der Waals surface area (Å²) in [6, 6.07) is 7.15. The number of aryl methyl sites for hydroxylation is 1. The maximum Gasteiger partial charge on any atom is 0.240 e. The third kappa shape index (κ3) is 5.03. The highest BCUT2D eigenvalue weighted by atomic mass is 32.2. The zero-order valence-corrected chi connectivity index (χ0v) is 18.8. The Morgan fingerprint density at radius 3 is 2.60 bits per heavy atom. The Labute approximate surface area is 178 Å². The largest absolute Gasteiger partial charge is 0.491 e. The number of hydrogen-bond donors (Lipinski definition) is 1. The topological polar surface area (TPSA) is 90.3 Å². The molecule has 30 heavy (non-hydrogen) atoms. The number of rotatable bonds is 8. The highest BCUT2D eigenvalue weighted by Crippen LogP contribution is 2.33. The fourth-order valence-electron chi connectivity index (χ4n) is 3.92. The van der Waals surface area contributed by atoms with Crippen molar-refractivity contribution in [2.75, 3.05) is 17.7 Å². The van der Waals surface area contributed by atoms with Crippen LogP contribution in [0.1, 0.15) is 62.9 Å². The Morgan fingerprint density at radius 1 is 1.20 bits per heavy atom. The number of ether oxygens (including phenoxy) is 1. The van der Waals surface area contributed by atoms with Crippen LogP contribution in [-0.2, 0) is 14.6 Å². The number of nitrogens with zero attached hydrogens (tertiary/aromatic N) is 2. The molecule has 1 N–H and O–H groups in total. The minimum Gasteiger partial charge on any atom is -0.491 e. The summed E-state index contributed by atoms with van der Waals surface area (Å²) in [6.45, 7) is 6.22. The van der Waals surface area contributed by atoms with Crippen LogP contribution in [0.15, 0.2) is 29.4 Å². The van der Waals surface area contributed by atoms with E-state index in [9.17, 15) is 13.2 Å². The van der Waals surface area contributed by atoms with E-state index in [1.165, 1.54) is 6.42 Å². The molecule has 0 spiro atoms. The highest BCUT2D eigenvalue weighted by molar-refractivity contribution is 7.92. The van der Waals surface area contributed by atoms with Gasteiger partial charge in [-0.2, -0.15) is 0 Å². The quantitative estimate of drug-likeness (QED) is 0.674. The zero-order chi connectivity index (χ0) is 21.7. The van der Waals surface area contributed by atoms with Crippen molar-refractivity contribution in [1.82, 2.24) is 9.55 Å². The number of sulfone groups is 1. The van der Waals surface area contributed by atoms with E-state index in [4.69, 9.17) is 4.74 Å². The zero-order valence-electron chi connectivity index (χ0n) is 18.0. The van der Waals surface area contributed by atoms with Crippen LogP contribution in [0, 0.1) is 13.8 Å². The fraction of sp³-hybridized carbons (Fsp3) is 0.545. The molecule has 1 aliphatic carbocycles. The molecule has 8 heteroatoms. The second-order valence-electron chi connectivity index (χ2n) is 7.88. The predicted octanol–water partition coefficient (Wildman–Crippen LogP) is 4.21. The molecule has 0 unspecified atom stereocenters. The number of anilines is 1. The Hall–Kier alpha value is -2.35. The lowest BCUT2D eigenvalue weighted by molar-refractivity contribution is -0.113. The number of nitrogens with one attached hydrogen (secondary N) is 1. The minimum absolute atomic E-state index is 0.00932. The molecule has 1 fully saturated rings. The molecule has 1 aromatic heterocycles. The first-order chi connectivity index (χ1) is 14.3. The second-order valence-corrected chi connectivity index (χ2v) is 9.76. The molecule has 1 saturated carbocycles. The van der Waals surface area contributed by atoms with Gasteiger partial charge in [-0.3, -0.25) is 4.79 Å². The number of aromatic nitrogens is 2. The van der Waals surface area contributed by atoms with Crippen molar-refractivity contribution in [2.45, 2.75) is 70.5 Å². The van der Waals surface area contributed by atoms with Gasteiger partial charge < -0.3 is 14.6 Å². The Kier molecular flexibility index (Phi) is 7.18. The lowest BCUT2D eigenvalue weighted by Crippen LogP contribution is -2.27. The third-order valence-electron chi connectivity index (χ3n) is 5.52. The summed E-state index contributed by atoms with van der Waals surface area (Å²) < 4.78 is 33.8. The molecular formula is C22H31N3O4S. The van der Waals surface area contributed by atoms with Crippen molar-refractivity contribution < 1.29 is 17.9 Å². The van der Waals surface area contributed by atoms with Crippen LogP contribution >= 0.6 is 0 Å². The van der Waals surface area contributed by atoms with Crippen LogP contribution in [-0.4, -0.2) is 36.2 Å². The maximum atomic E-state index is 13.1. The molecule has 1 aromatic carbocycles. The molecule has 7 nitrogen and oxygen atoms in total. The van der Waals surface area contributed by atoms with E-state index in [1.807, 2.05) is 31.4 Å². The summed E-state index contributed by atoms with van der Waals surface area (Å²) in [5, 5.41) is 2.69. The summed E-state index contributed by atoms with van der Waals surface area (Å²) in [5.74, 6) is -0.728. The molecule has 0 aliphatic heterocycles. The predicted molar refractivity (Wildman–Crippen MR) is 117 cm³/mol. The van der Waals surface area contributed by atoms with E-state index in [0.29, 0.717) is 23.7 Å². The van der Waals surface area contributed by atoms with Gasteiger partial charge in [0, 0.05) is 11.7 Å². The number of para-hydroxylation sites is 2. The van der Waals surface area contributed by atoms with E-state index in [1.54, 1.807) is 18.2 Å². The molecule has 2 aromatic rings. The van der Waals surface area contributed by atoms with Gasteiger partial charge in [-0.25, -0.2) is 13.4 Å². The van der Waals surface area contributed by atoms with Gasteiger partial charge in [0.15, 0.2) is 0 Å². The van der Waals surface area contributed by atoms with Gasteiger partial charge in [0.2, 0.25) is 20.9 Å². The first-order valence-corrected chi connectivity index (χ1v) is 12.3. The van der Waals surface area contributed by atoms with E-state index in [0.717, 1.165) is 37.8 Å². The smallest absolute Gasteiger partial charge is 0.240 e. The molecule has 1 heterocycles. The second kappa shape index (κ2) is 9.64. The van der Waals surface area contributed by atoms with Gasteiger partial charge in [-0.15, -0.1) is 0 Å². The van der Waals surface area contributed by atoms with Crippen LogP contribution in [0.25, 0.3) is 0 Å². The molecule has 0 bridgehead atoms. The Bertz CT molecular complexity index is 992. The normalized spacial score (nSPS) is 15.2. The van der Waals surface area contributed by atoms with Crippen molar-refractivity contribution in [2.24, 2.45) is 0 Å². The van der Waals surface area contributed by atoms with E-state index >= 15 is 0 Å². The third-order valence-corrected chi connectivity index (χ3v) is 7.00. The van der Waals surface area contributed by atoms with E-state index in [2.05, 4.69) is 10.3 Å².